The fraction of sp³-hybridized carbons (Fsp3) is 0.444. The monoisotopic (exact) mass is 464 g/mol. The van der Waals surface area contributed by atoms with Crippen LogP contribution in [0.15, 0.2) is 48.5 Å². The van der Waals surface area contributed by atoms with Crippen molar-refractivity contribution in [2.24, 2.45) is 11.8 Å². The Balaban J connectivity index is 1.31. The standard InChI is InChI=1S/C27H32N2O5/c1-2-24(25(30)28-15-17-9-3-4-10-18(17)26(31)32)29-27(33)34-16-23-21-13-7-5-11-19(21)20-12-6-8-14-22(20)23/h5-8,11-14,17-18,23-24H,2-4,9-10,15-16H2,1H3,(H,28,30)(H,29,33)(H,31,32)/t17-,18-,24+/m1/s1. The van der Waals surface area contributed by atoms with Gasteiger partial charge in [0, 0.05) is 12.5 Å². The quantitative estimate of drug-likeness (QED) is 0.540. The predicted octanol–water partition coefficient (Wildman–Crippen LogP) is 4.31. The number of alkyl carbamates (subject to hydrolysis) is 1. The van der Waals surface area contributed by atoms with E-state index in [-0.39, 0.29) is 24.3 Å². The highest BCUT2D eigenvalue weighted by atomic mass is 16.5. The maximum atomic E-state index is 12.7. The molecule has 7 heteroatoms. The molecular formula is C27H32N2O5. The van der Waals surface area contributed by atoms with Crippen molar-refractivity contribution in [2.45, 2.75) is 51.0 Å². The summed E-state index contributed by atoms with van der Waals surface area (Å²) in [5, 5.41) is 14.9. The maximum absolute atomic E-state index is 12.7. The summed E-state index contributed by atoms with van der Waals surface area (Å²) < 4.78 is 5.56. The van der Waals surface area contributed by atoms with Crippen LogP contribution < -0.4 is 10.6 Å². The van der Waals surface area contributed by atoms with Gasteiger partial charge < -0.3 is 20.5 Å². The molecule has 2 aliphatic carbocycles. The van der Waals surface area contributed by atoms with Crippen LogP contribution in [0.5, 0.6) is 0 Å². The summed E-state index contributed by atoms with van der Waals surface area (Å²) in [5.41, 5.74) is 4.56. The second kappa shape index (κ2) is 10.7. The fourth-order valence-corrected chi connectivity index (χ4v) is 5.27. The topological polar surface area (TPSA) is 105 Å². The molecule has 0 aliphatic heterocycles. The molecule has 2 aromatic carbocycles. The average molecular weight is 465 g/mol. The lowest BCUT2D eigenvalue weighted by Crippen LogP contribution is -2.48. The molecule has 1 saturated carbocycles. The van der Waals surface area contributed by atoms with E-state index in [2.05, 4.69) is 34.9 Å². The summed E-state index contributed by atoms with van der Waals surface area (Å²) in [6.45, 7) is 2.30. The normalized spacial score (nSPS) is 20.0. The highest BCUT2D eigenvalue weighted by Gasteiger charge is 2.32. The van der Waals surface area contributed by atoms with E-state index in [0.29, 0.717) is 19.4 Å². The summed E-state index contributed by atoms with van der Waals surface area (Å²) in [6, 6.07) is 15.5. The third-order valence-corrected chi connectivity index (χ3v) is 7.13. The number of ether oxygens (including phenoxy) is 1. The van der Waals surface area contributed by atoms with Crippen LogP contribution in [0.2, 0.25) is 0 Å². The van der Waals surface area contributed by atoms with Gasteiger partial charge in [-0.05, 0) is 47.4 Å². The van der Waals surface area contributed by atoms with Crippen LogP contribution in [0.4, 0.5) is 4.79 Å². The molecule has 0 aromatic heterocycles. The molecule has 4 rings (SSSR count). The van der Waals surface area contributed by atoms with Crippen LogP contribution in [0.1, 0.15) is 56.1 Å². The zero-order chi connectivity index (χ0) is 24.1. The lowest BCUT2D eigenvalue weighted by Gasteiger charge is -2.29. The summed E-state index contributed by atoms with van der Waals surface area (Å²) >= 11 is 0. The first-order valence-corrected chi connectivity index (χ1v) is 12.1. The van der Waals surface area contributed by atoms with E-state index in [4.69, 9.17) is 4.74 Å². The van der Waals surface area contributed by atoms with Crippen LogP contribution in [-0.2, 0) is 14.3 Å². The van der Waals surface area contributed by atoms with Crippen LogP contribution in [0.3, 0.4) is 0 Å². The number of nitrogens with one attached hydrogen (secondary N) is 2. The number of rotatable bonds is 8. The summed E-state index contributed by atoms with van der Waals surface area (Å²) in [4.78, 5) is 36.7. The average Bonchev–Trinajstić information content (AvgIpc) is 3.18. The van der Waals surface area contributed by atoms with Gasteiger partial charge in [-0.1, -0.05) is 68.3 Å². The third-order valence-electron chi connectivity index (χ3n) is 7.13. The fourth-order valence-electron chi connectivity index (χ4n) is 5.27. The number of benzene rings is 2. The summed E-state index contributed by atoms with van der Waals surface area (Å²) in [7, 11) is 0. The lowest BCUT2D eigenvalue weighted by atomic mass is 9.79. The number of carbonyl (C=O) groups excluding carboxylic acids is 2. The summed E-state index contributed by atoms with van der Waals surface area (Å²) in [6.07, 6.45) is 3.08. The highest BCUT2D eigenvalue weighted by molar-refractivity contribution is 5.85. The molecule has 3 atom stereocenters. The van der Waals surface area contributed by atoms with E-state index >= 15 is 0 Å². The molecule has 0 bridgehead atoms. The number of hydrogen-bond acceptors (Lipinski definition) is 4. The van der Waals surface area contributed by atoms with Gasteiger partial charge in [0.2, 0.25) is 5.91 Å². The van der Waals surface area contributed by atoms with Crippen LogP contribution in [0.25, 0.3) is 11.1 Å². The first-order chi connectivity index (χ1) is 16.5. The molecule has 180 valence electrons. The number of carbonyl (C=O) groups is 3. The van der Waals surface area contributed by atoms with Crippen molar-refractivity contribution in [3.8, 4) is 11.1 Å². The van der Waals surface area contributed by atoms with Crippen molar-refractivity contribution >= 4 is 18.0 Å². The van der Waals surface area contributed by atoms with E-state index < -0.39 is 24.0 Å². The van der Waals surface area contributed by atoms with Gasteiger partial charge >= 0.3 is 12.1 Å². The molecular weight excluding hydrogens is 432 g/mol. The Morgan fingerprint density at radius 3 is 2.24 bits per heavy atom. The SMILES string of the molecule is CC[C@H](NC(=O)OCC1c2ccccc2-c2ccccc21)C(=O)NC[C@H]1CCCC[C@H]1C(=O)O. The number of hydrogen-bond donors (Lipinski definition) is 3. The van der Waals surface area contributed by atoms with E-state index in [0.717, 1.165) is 41.5 Å². The third kappa shape index (κ3) is 5.08. The van der Waals surface area contributed by atoms with Gasteiger partial charge in [0.1, 0.15) is 12.6 Å². The minimum absolute atomic E-state index is 0.0497. The molecule has 2 amide bonds. The first kappa shape index (κ1) is 23.8. The van der Waals surface area contributed by atoms with E-state index in [1.165, 1.54) is 0 Å². The van der Waals surface area contributed by atoms with Crippen molar-refractivity contribution in [2.75, 3.05) is 13.2 Å². The van der Waals surface area contributed by atoms with E-state index in [9.17, 15) is 19.5 Å². The highest BCUT2D eigenvalue weighted by Crippen LogP contribution is 2.44. The minimum atomic E-state index is -0.803. The van der Waals surface area contributed by atoms with Crippen molar-refractivity contribution in [3.63, 3.8) is 0 Å². The van der Waals surface area contributed by atoms with Gasteiger partial charge in [-0.3, -0.25) is 9.59 Å². The van der Waals surface area contributed by atoms with Gasteiger partial charge in [-0.2, -0.15) is 0 Å². The van der Waals surface area contributed by atoms with Crippen LogP contribution >= 0.6 is 0 Å². The number of carboxylic acids is 1. The molecule has 2 aromatic rings. The van der Waals surface area contributed by atoms with Gasteiger partial charge in [0.25, 0.3) is 0 Å². The molecule has 7 nitrogen and oxygen atoms in total. The Labute approximate surface area is 199 Å². The molecule has 3 N–H and O–H groups in total. The van der Waals surface area contributed by atoms with E-state index in [1.54, 1.807) is 0 Å². The van der Waals surface area contributed by atoms with Crippen LogP contribution in [0, 0.1) is 11.8 Å². The van der Waals surface area contributed by atoms with Crippen LogP contribution in [-0.4, -0.2) is 42.3 Å². The van der Waals surface area contributed by atoms with Crippen molar-refractivity contribution < 1.29 is 24.2 Å². The molecule has 2 aliphatic rings. The molecule has 34 heavy (non-hydrogen) atoms. The zero-order valence-corrected chi connectivity index (χ0v) is 19.5. The first-order valence-electron chi connectivity index (χ1n) is 12.1. The van der Waals surface area contributed by atoms with Crippen molar-refractivity contribution in [1.29, 1.82) is 0 Å². The predicted molar refractivity (Wildman–Crippen MR) is 128 cm³/mol. The van der Waals surface area contributed by atoms with Gasteiger partial charge in [-0.15, -0.1) is 0 Å². The molecule has 0 radical (unpaired) electrons. The number of carboxylic acid groups (broad SMARTS) is 1. The molecule has 0 saturated heterocycles. The smallest absolute Gasteiger partial charge is 0.407 e. The largest absolute Gasteiger partial charge is 0.481 e. The molecule has 1 fully saturated rings. The Hall–Kier alpha value is -3.35. The van der Waals surface area contributed by atoms with Gasteiger partial charge in [0.05, 0.1) is 5.92 Å². The molecule has 0 heterocycles. The Morgan fingerprint density at radius 2 is 1.62 bits per heavy atom. The van der Waals surface area contributed by atoms with Gasteiger partial charge in [-0.25, -0.2) is 4.79 Å². The second-order valence-corrected chi connectivity index (χ2v) is 9.17. The molecule has 0 unspecified atom stereocenters. The number of aliphatic carboxylic acids is 1. The molecule has 0 spiro atoms. The zero-order valence-electron chi connectivity index (χ0n) is 19.5. The lowest BCUT2D eigenvalue weighted by molar-refractivity contribution is -0.145. The maximum Gasteiger partial charge on any atom is 0.407 e. The Kier molecular flexibility index (Phi) is 7.50. The second-order valence-electron chi connectivity index (χ2n) is 9.17. The minimum Gasteiger partial charge on any atom is -0.481 e. The van der Waals surface area contributed by atoms with Crippen molar-refractivity contribution in [1.82, 2.24) is 10.6 Å². The number of amides is 2. The van der Waals surface area contributed by atoms with E-state index in [1.807, 2.05) is 31.2 Å². The van der Waals surface area contributed by atoms with Gasteiger partial charge in [0.15, 0.2) is 0 Å². The number of fused-ring (bicyclic) bond motifs is 3. The Morgan fingerprint density at radius 1 is 1.00 bits per heavy atom. The Bertz CT molecular complexity index is 1010. The summed E-state index contributed by atoms with van der Waals surface area (Å²) in [5.74, 6) is -1.67. The van der Waals surface area contributed by atoms with Crippen molar-refractivity contribution in [3.05, 3.63) is 59.7 Å².